The van der Waals surface area contributed by atoms with E-state index in [0.29, 0.717) is 19.3 Å². The molecule has 0 aliphatic heterocycles. The van der Waals surface area contributed by atoms with Crippen LogP contribution in [0.4, 0.5) is 0 Å². The second kappa shape index (κ2) is 69.4. The summed E-state index contributed by atoms with van der Waals surface area (Å²) < 4.78 is 17.0. The van der Waals surface area contributed by atoms with E-state index in [1.807, 2.05) is 0 Å². The van der Waals surface area contributed by atoms with Gasteiger partial charge < -0.3 is 14.2 Å². The maximum Gasteiger partial charge on any atom is 0.306 e. The summed E-state index contributed by atoms with van der Waals surface area (Å²) in [6, 6.07) is 0. The molecule has 0 rings (SSSR count). The first-order valence-electron chi connectivity index (χ1n) is 36.3. The van der Waals surface area contributed by atoms with Crippen LogP contribution in [0.15, 0.2) is 24.3 Å². The molecule has 0 fully saturated rings. The average molecular weight is 1130 g/mol. The van der Waals surface area contributed by atoms with Gasteiger partial charge in [-0.1, -0.05) is 366 Å². The minimum absolute atomic E-state index is 0.0643. The van der Waals surface area contributed by atoms with E-state index in [-0.39, 0.29) is 31.1 Å². The van der Waals surface area contributed by atoms with Gasteiger partial charge >= 0.3 is 17.9 Å². The summed E-state index contributed by atoms with van der Waals surface area (Å²) in [5, 5.41) is 0. The highest BCUT2D eigenvalue weighted by atomic mass is 16.6. The van der Waals surface area contributed by atoms with Crippen molar-refractivity contribution in [3.8, 4) is 0 Å². The lowest BCUT2D eigenvalue weighted by Gasteiger charge is -2.18. The van der Waals surface area contributed by atoms with E-state index < -0.39 is 6.10 Å². The van der Waals surface area contributed by atoms with Gasteiger partial charge in [0.1, 0.15) is 13.2 Å². The lowest BCUT2D eigenvalue weighted by atomic mass is 10.0. The molecule has 6 nitrogen and oxygen atoms in total. The number of allylic oxidation sites excluding steroid dienone is 4. The number of esters is 3. The highest BCUT2D eigenvalue weighted by molar-refractivity contribution is 5.71. The predicted molar refractivity (Wildman–Crippen MR) is 349 cm³/mol. The van der Waals surface area contributed by atoms with Crippen molar-refractivity contribution in [2.24, 2.45) is 0 Å². The van der Waals surface area contributed by atoms with Crippen molar-refractivity contribution >= 4 is 17.9 Å². The Bertz CT molecular complexity index is 1290. The summed E-state index contributed by atoms with van der Waals surface area (Å²) >= 11 is 0. The molecule has 0 aliphatic rings. The van der Waals surface area contributed by atoms with Gasteiger partial charge in [-0.2, -0.15) is 0 Å². The highest BCUT2D eigenvalue weighted by Crippen LogP contribution is 2.19. The smallest absolute Gasteiger partial charge is 0.306 e. The minimum Gasteiger partial charge on any atom is -0.462 e. The Morgan fingerprint density at radius 2 is 0.450 bits per heavy atom. The van der Waals surface area contributed by atoms with Crippen molar-refractivity contribution in [3.63, 3.8) is 0 Å². The molecule has 0 amide bonds. The topological polar surface area (TPSA) is 78.9 Å². The number of hydrogen-bond acceptors (Lipinski definition) is 6. The van der Waals surface area contributed by atoms with E-state index in [1.54, 1.807) is 0 Å². The van der Waals surface area contributed by atoms with Gasteiger partial charge in [0.25, 0.3) is 0 Å². The van der Waals surface area contributed by atoms with Crippen LogP contribution in [0.5, 0.6) is 0 Å². The zero-order valence-corrected chi connectivity index (χ0v) is 54.4. The molecule has 0 aromatic carbocycles. The SMILES string of the molecule is CCCCCCC/C=C\C/C=C\CCCCCCCCCCCCCCCC(=O)OCC(COC(=O)CCCCCCCCCCCCCC)OC(=O)CCCCCCCCCCCCCCCCCCCCCCCCCCC. The predicted octanol–water partition coefficient (Wildman–Crippen LogP) is 25.0. The number of unbranched alkanes of at least 4 members (excludes halogenated alkanes) is 53. The summed E-state index contributed by atoms with van der Waals surface area (Å²) in [6.45, 7) is 6.71. The van der Waals surface area contributed by atoms with Crippen molar-refractivity contribution < 1.29 is 28.6 Å². The van der Waals surface area contributed by atoms with Crippen molar-refractivity contribution in [1.82, 2.24) is 0 Å². The minimum atomic E-state index is -0.767. The standard InChI is InChI=1S/C74H140O6/c1-4-7-10-13-16-19-22-25-27-29-31-33-35-37-39-41-43-45-47-49-52-55-58-61-64-67-73(76)79-70-71(69-78-72(75)66-63-60-57-54-51-24-21-18-15-12-9-6-3)80-74(77)68-65-62-59-56-53-50-48-46-44-42-40-38-36-34-32-30-28-26-23-20-17-14-11-8-5-2/h22,25,29,31,71H,4-21,23-24,26-28,30,32-70H2,1-3H3/b25-22-,31-29-. The van der Waals surface area contributed by atoms with Crippen LogP contribution in [0, 0.1) is 0 Å². The quantitative estimate of drug-likeness (QED) is 0.0261. The molecule has 0 aliphatic carbocycles. The summed E-state index contributed by atoms with van der Waals surface area (Å²) in [6.07, 6.45) is 85.0. The number of ether oxygens (including phenoxy) is 3. The molecule has 80 heavy (non-hydrogen) atoms. The third-order valence-electron chi connectivity index (χ3n) is 16.7. The Labute approximate surface area is 500 Å². The van der Waals surface area contributed by atoms with E-state index in [0.717, 1.165) is 64.2 Å². The molecule has 0 bridgehead atoms. The van der Waals surface area contributed by atoms with Crippen molar-refractivity contribution in [2.75, 3.05) is 13.2 Å². The molecular weight excluding hydrogens is 985 g/mol. The van der Waals surface area contributed by atoms with Gasteiger partial charge in [0.2, 0.25) is 0 Å². The van der Waals surface area contributed by atoms with Gasteiger partial charge in [0, 0.05) is 19.3 Å². The molecule has 0 N–H and O–H groups in total. The molecular formula is C74H140O6. The van der Waals surface area contributed by atoms with E-state index >= 15 is 0 Å². The Kier molecular flexibility index (Phi) is 67.6. The molecule has 0 saturated heterocycles. The number of rotatable bonds is 68. The van der Waals surface area contributed by atoms with Gasteiger partial charge in [-0.3, -0.25) is 14.4 Å². The van der Waals surface area contributed by atoms with Gasteiger partial charge in [-0.15, -0.1) is 0 Å². The molecule has 0 saturated carbocycles. The molecule has 472 valence electrons. The summed E-state index contributed by atoms with van der Waals surface area (Å²) in [7, 11) is 0. The van der Waals surface area contributed by atoms with Gasteiger partial charge in [0.15, 0.2) is 6.10 Å². The Morgan fingerprint density at radius 1 is 0.250 bits per heavy atom. The molecule has 0 heterocycles. The van der Waals surface area contributed by atoms with Crippen LogP contribution in [0.3, 0.4) is 0 Å². The van der Waals surface area contributed by atoms with Crippen LogP contribution in [-0.2, 0) is 28.6 Å². The lowest BCUT2D eigenvalue weighted by Crippen LogP contribution is -2.30. The fourth-order valence-electron chi connectivity index (χ4n) is 11.2. The molecule has 6 heteroatoms. The summed E-state index contributed by atoms with van der Waals surface area (Å²) in [4.78, 5) is 38.4. The Morgan fingerprint density at radius 3 is 0.688 bits per heavy atom. The molecule has 0 aromatic rings. The van der Waals surface area contributed by atoms with Gasteiger partial charge in [0.05, 0.1) is 0 Å². The highest BCUT2D eigenvalue weighted by Gasteiger charge is 2.19. The first-order valence-corrected chi connectivity index (χ1v) is 36.3. The van der Waals surface area contributed by atoms with Crippen LogP contribution < -0.4 is 0 Å². The van der Waals surface area contributed by atoms with Crippen LogP contribution in [-0.4, -0.2) is 37.2 Å². The van der Waals surface area contributed by atoms with Gasteiger partial charge in [-0.25, -0.2) is 0 Å². The monoisotopic (exact) mass is 1130 g/mol. The van der Waals surface area contributed by atoms with Crippen LogP contribution >= 0.6 is 0 Å². The van der Waals surface area contributed by atoms with E-state index in [1.165, 1.54) is 308 Å². The maximum absolute atomic E-state index is 13.0. The Balaban J connectivity index is 4.18. The number of carbonyl (C=O) groups excluding carboxylic acids is 3. The molecule has 1 unspecified atom stereocenters. The average Bonchev–Trinajstić information content (AvgIpc) is 3.46. The second-order valence-electron chi connectivity index (χ2n) is 24.9. The van der Waals surface area contributed by atoms with Crippen LogP contribution in [0.2, 0.25) is 0 Å². The van der Waals surface area contributed by atoms with E-state index in [2.05, 4.69) is 45.1 Å². The largest absolute Gasteiger partial charge is 0.462 e. The lowest BCUT2D eigenvalue weighted by molar-refractivity contribution is -0.167. The van der Waals surface area contributed by atoms with E-state index in [4.69, 9.17) is 14.2 Å². The number of carbonyl (C=O) groups is 3. The first-order chi connectivity index (χ1) is 39.5. The van der Waals surface area contributed by atoms with Crippen molar-refractivity contribution in [1.29, 1.82) is 0 Å². The normalized spacial score (nSPS) is 12.1. The molecule has 0 spiro atoms. The summed E-state index contributed by atoms with van der Waals surface area (Å²) in [5.74, 6) is -0.831. The second-order valence-corrected chi connectivity index (χ2v) is 24.9. The third kappa shape index (κ3) is 66.7. The van der Waals surface area contributed by atoms with E-state index in [9.17, 15) is 14.4 Å². The molecule has 0 radical (unpaired) electrons. The Hall–Kier alpha value is -2.11. The van der Waals surface area contributed by atoms with Crippen LogP contribution in [0.25, 0.3) is 0 Å². The third-order valence-corrected chi connectivity index (χ3v) is 16.7. The molecule has 0 aromatic heterocycles. The maximum atomic E-state index is 13.0. The van der Waals surface area contributed by atoms with Crippen LogP contribution in [0.1, 0.15) is 412 Å². The van der Waals surface area contributed by atoms with Crippen molar-refractivity contribution in [2.45, 2.75) is 419 Å². The fraction of sp³-hybridized carbons (Fsp3) is 0.905. The van der Waals surface area contributed by atoms with Crippen molar-refractivity contribution in [3.05, 3.63) is 24.3 Å². The zero-order chi connectivity index (χ0) is 57.8. The first kappa shape index (κ1) is 77.9. The molecule has 1 atom stereocenters. The summed E-state index contributed by atoms with van der Waals surface area (Å²) in [5.41, 5.74) is 0. The number of hydrogen-bond donors (Lipinski definition) is 0. The van der Waals surface area contributed by atoms with Gasteiger partial charge in [-0.05, 0) is 51.4 Å². The zero-order valence-electron chi connectivity index (χ0n) is 54.4. The fourth-order valence-corrected chi connectivity index (χ4v) is 11.2.